The molecule has 0 aliphatic rings. The molecule has 1 heterocycles. The first-order valence-electron chi connectivity index (χ1n) is 9.39. The molecule has 5 heteroatoms. The highest BCUT2D eigenvalue weighted by Gasteiger charge is 2.04. The number of nitrogens with one attached hydrogen (secondary N) is 3. The Kier molecular flexibility index (Phi) is 6.88. The van der Waals surface area contributed by atoms with Crippen molar-refractivity contribution in [3.8, 4) is 0 Å². The third-order valence-corrected chi connectivity index (χ3v) is 4.48. The zero-order valence-electron chi connectivity index (χ0n) is 16.1. The van der Waals surface area contributed by atoms with Gasteiger partial charge in [0.1, 0.15) is 0 Å². The second-order valence-corrected chi connectivity index (χ2v) is 6.58. The van der Waals surface area contributed by atoms with E-state index in [0.717, 1.165) is 25.5 Å². The van der Waals surface area contributed by atoms with Gasteiger partial charge in [0, 0.05) is 37.2 Å². The number of H-pyrrole nitrogens is 1. The number of hydrogen-bond acceptors (Lipinski definition) is 2. The van der Waals surface area contributed by atoms with Crippen LogP contribution in [-0.4, -0.2) is 37.7 Å². The average Bonchev–Trinajstić information content (AvgIpc) is 3.09. The molecular weight excluding hydrogens is 336 g/mol. The highest BCUT2D eigenvalue weighted by molar-refractivity contribution is 5.84. The first-order valence-corrected chi connectivity index (χ1v) is 9.39. The molecule has 1 aromatic heterocycles. The first-order chi connectivity index (χ1) is 13.3. The lowest BCUT2D eigenvalue weighted by atomic mass is 10.1. The first kappa shape index (κ1) is 19.0. The molecule has 0 fully saturated rings. The molecule has 0 saturated heterocycles. The highest BCUT2D eigenvalue weighted by atomic mass is 16.5. The minimum Gasteiger partial charge on any atom is -0.375 e. The summed E-state index contributed by atoms with van der Waals surface area (Å²) in [5, 5.41) is 7.94. The topological polar surface area (TPSA) is 61.4 Å². The van der Waals surface area contributed by atoms with E-state index in [2.05, 4.69) is 64.1 Å². The maximum atomic E-state index is 5.69. The van der Waals surface area contributed by atoms with Gasteiger partial charge in [0.15, 0.2) is 5.96 Å². The maximum absolute atomic E-state index is 5.69. The molecule has 3 aromatic rings. The van der Waals surface area contributed by atoms with Crippen molar-refractivity contribution in [2.75, 3.05) is 26.7 Å². The Bertz CT molecular complexity index is 870. The Morgan fingerprint density at radius 3 is 2.70 bits per heavy atom. The number of guanidine groups is 1. The second kappa shape index (κ2) is 9.78. The molecule has 3 N–H and O–H groups in total. The molecule has 0 spiro atoms. The molecule has 0 aliphatic carbocycles. The van der Waals surface area contributed by atoms with Crippen molar-refractivity contribution in [1.29, 1.82) is 0 Å². The van der Waals surface area contributed by atoms with Crippen LogP contribution < -0.4 is 10.6 Å². The van der Waals surface area contributed by atoms with Gasteiger partial charge in [-0.25, -0.2) is 0 Å². The molecule has 27 heavy (non-hydrogen) atoms. The fraction of sp³-hybridized carbons (Fsp3) is 0.318. The van der Waals surface area contributed by atoms with Crippen LogP contribution in [0.3, 0.4) is 0 Å². The van der Waals surface area contributed by atoms with Crippen molar-refractivity contribution in [2.24, 2.45) is 4.99 Å². The number of aryl methyl sites for hydroxylation is 1. The number of fused-ring (bicyclic) bond motifs is 1. The molecule has 0 amide bonds. The van der Waals surface area contributed by atoms with Crippen LogP contribution in [0.2, 0.25) is 0 Å². The number of rotatable bonds is 8. The van der Waals surface area contributed by atoms with Crippen LogP contribution in [0.15, 0.2) is 59.7 Å². The largest absolute Gasteiger partial charge is 0.375 e. The van der Waals surface area contributed by atoms with Gasteiger partial charge in [-0.05, 0) is 36.1 Å². The fourth-order valence-corrected chi connectivity index (χ4v) is 3.05. The second-order valence-electron chi connectivity index (χ2n) is 6.58. The van der Waals surface area contributed by atoms with Crippen molar-refractivity contribution in [3.63, 3.8) is 0 Å². The predicted octanol–water partition coefficient (Wildman–Crippen LogP) is 3.40. The van der Waals surface area contributed by atoms with Crippen molar-refractivity contribution < 1.29 is 4.74 Å². The number of nitrogens with zero attached hydrogens (tertiary/aromatic N) is 1. The molecule has 3 rings (SSSR count). The Labute approximate surface area is 160 Å². The van der Waals surface area contributed by atoms with Gasteiger partial charge in [-0.15, -0.1) is 0 Å². The van der Waals surface area contributed by atoms with Crippen LogP contribution in [0.1, 0.15) is 16.7 Å². The summed E-state index contributed by atoms with van der Waals surface area (Å²) in [5.74, 6) is 0.800. The van der Waals surface area contributed by atoms with E-state index in [-0.39, 0.29) is 0 Å². The number of aromatic amines is 1. The van der Waals surface area contributed by atoms with Crippen molar-refractivity contribution in [3.05, 3.63) is 71.4 Å². The van der Waals surface area contributed by atoms with Crippen molar-refractivity contribution in [2.45, 2.75) is 20.0 Å². The van der Waals surface area contributed by atoms with Crippen LogP contribution in [0, 0.1) is 6.92 Å². The molecular formula is C22H28N4O. The van der Waals surface area contributed by atoms with Crippen LogP contribution in [-0.2, 0) is 17.8 Å². The zero-order valence-corrected chi connectivity index (χ0v) is 16.1. The van der Waals surface area contributed by atoms with Gasteiger partial charge < -0.3 is 20.4 Å². The zero-order chi connectivity index (χ0) is 18.9. The summed E-state index contributed by atoms with van der Waals surface area (Å²) in [7, 11) is 1.79. The normalized spacial score (nSPS) is 11.7. The van der Waals surface area contributed by atoms with Gasteiger partial charge in [-0.3, -0.25) is 4.99 Å². The minimum atomic E-state index is 0.634. The molecule has 5 nitrogen and oxygen atoms in total. The van der Waals surface area contributed by atoms with E-state index in [1.54, 1.807) is 7.05 Å². The predicted molar refractivity (Wildman–Crippen MR) is 112 cm³/mol. The SMILES string of the molecule is CN=C(NCCOCc1ccccc1)NCCc1c[nH]c2cc(C)ccc12. The van der Waals surface area contributed by atoms with Gasteiger partial charge >= 0.3 is 0 Å². The van der Waals surface area contributed by atoms with Gasteiger partial charge in [0.25, 0.3) is 0 Å². The Hall–Kier alpha value is -2.79. The molecule has 0 atom stereocenters. The third-order valence-electron chi connectivity index (χ3n) is 4.48. The summed E-state index contributed by atoms with van der Waals surface area (Å²) in [6.07, 6.45) is 3.04. The van der Waals surface area contributed by atoms with E-state index >= 15 is 0 Å². The molecule has 0 radical (unpaired) electrons. The van der Waals surface area contributed by atoms with Crippen LogP contribution in [0.25, 0.3) is 10.9 Å². The molecule has 0 aliphatic heterocycles. The summed E-state index contributed by atoms with van der Waals surface area (Å²) >= 11 is 0. The fourth-order valence-electron chi connectivity index (χ4n) is 3.05. The van der Waals surface area contributed by atoms with E-state index < -0.39 is 0 Å². The number of hydrogen-bond donors (Lipinski definition) is 3. The lowest BCUT2D eigenvalue weighted by Gasteiger charge is -2.12. The number of aliphatic imine (C=N–C) groups is 1. The summed E-state index contributed by atoms with van der Waals surface area (Å²) < 4.78 is 5.69. The van der Waals surface area contributed by atoms with Crippen LogP contribution in [0.5, 0.6) is 0 Å². The minimum absolute atomic E-state index is 0.634. The average molecular weight is 364 g/mol. The number of benzene rings is 2. The summed E-state index contributed by atoms with van der Waals surface area (Å²) in [5.41, 5.74) is 4.98. The summed E-state index contributed by atoms with van der Waals surface area (Å²) in [6, 6.07) is 16.7. The van der Waals surface area contributed by atoms with Gasteiger partial charge in [-0.1, -0.05) is 42.5 Å². The van der Waals surface area contributed by atoms with Crippen LogP contribution in [0.4, 0.5) is 0 Å². The Morgan fingerprint density at radius 2 is 1.89 bits per heavy atom. The van der Waals surface area contributed by atoms with Gasteiger partial charge in [0.2, 0.25) is 0 Å². The third kappa shape index (κ3) is 5.59. The van der Waals surface area contributed by atoms with E-state index in [0.29, 0.717) is 13.2 Å². The van der Waals surface area contributed by atoms with Crippen molar-refractivity contribution in [1.82, 2.24) is 15.6 Å². The lowest BCUT2D eigenvalue weighted by molar-refractivity contribution is 0.125. The van der Waals surface area contributed by atoms with Gasteiger partial charge in [0.05, 0.1) is 13.2 Å². The molecule has 0 saturated carbocycles. The van der Waals surface area contributed by atoms with Crippen LogP contribution >= 0.6 is 0 Å². The van der Waals surface area contributed by atoms with E-state index in [9.17, 15) is 0 Å². The smallest absolute Gasteiger partial charge is 0.191 e. The molecule has 0 unspecified atom stereocenters. The standard InChI is InChI=1S/C22H28N4O/c1-17-8-9-20-19(15-26-21(20)14-17)10-11-24-22(23-2)25-12-13-27-16-18-6-4-3-5-7-18/h3-9,14-15,26H,10-13,16H2,1-2H3,(H2,23,24,25). The maximum Gasteiger partial charge on any atom is 0.191 e. The molecule has 2 aromatic carbocycles. The lowest BCUT2D eigenvalue weighted by Crippen LogP contribution is -2.39. The summed E-state index contributed by atoms with van der Waals surface area (Å²) in [6.45, 7) is 4.93. The monoisotopic (exact) mass is 364 g/mol. The van der Waals surface area contributed by atoms with E-state index in [4.69, 9.17) is 4.74 Å². The van der Waals surface area contributed by atoms with E-state index in [1.807, 2.05) is 18.2 Å². The number of ether oxygens (including phenoxy) is 1. The summed E-state index contributed by atoms with van der Waals surface area (Å²) in [4.78, 5) is 7.62. The Balaban J connectivity index is 1.36. The van der Waals surface area contributed by atoms with E-state index in [1.165, 1.54) is 27.6 Å². The highest BCUT2D eigenvalue weighted by Crippen LogP contribution is 2.19. The van der Waals surface area contributed by atoms with Crippen molar-refractivity contribution >= 4 is 16.9 Å². The Morgan fingerprint density at radius 1 is 1.07 bits per heavy atom. The number of aromatic nitrogens is 1. The quantitative estimate of drug-likeness (QED) is 0.326. The molecule has 142 valence electrons. The van der Waals surface area contributed by atoms with Gasteiger partial charge in [-0.2, -0.15) is 0 Å². The molecule has 0 bridgehead atoms.